The van der Waals surface area contributed by atoms with Gasteiger partial charge in [0.25, 0.3) is 5.69 Å². The van der Waals surface area contributed by atoms with Gasteiger partial charge in [-0.05, 0) is 25.5 Å². The number of hydrogen-bond acceptors (Lipinski definition) is 6. The van der Waals surface area contributed by atoms with Crippen molar-refractivity contribution >= 4 is 17.7 Å². The summed E-state index contributed by atoms with van der Waals surface area (Å²) >= 11 is 0. The predicted molar refractivity (Wildman–Crippen MR) is 84.3 cm³/mol. The number of rotatable bonds is 4. The van der Waals surface area contributed by atoms with Crippen molar-refractivity contribution in [2.45, 2.75) is 13.3 Å². The summed E-state index contributed by atoms with van der Waals surface area (Å²) < 4.78 is 10.0. The lowest BCUT2D eigenvalue weighted by molar-refractivity contribution is -0.384. The van der Waals surface area contributed by atoms with Crippen LogP contribution in [-0.2, 0) is 9.53 Å². The molecule has 0 bridgehead atoms. The highest BCUT2D eigenvalue weighted by Crippen LogP contribution is 2.20. The molecule has 0 aromatic heterocycles. The fourth-order valence-electron chi connectivity index (χ4n) is 2.12. The summed E-state index contributed by atoms with van der Waals surface area (Å²) in [6.45, 7) is 2.78. The van der Waals surface area contributed by atoms with Crippen LogP contribution >= 0.6 is 0 Å². The smallest absolute Gasteiger partial charge is 0.415 e. The minimum Gasteiger partial charge on any atom is -0.463 e. The standard InChI is InChI=1S/C16H17N2O6/c1-2-23-15(19)11-12-7-9-17(10-8-12)16(20)24-14-5-3-13(4-6-14)18(21)22/h3-7,11H,2,8-10H2,1H3. The summed E-state index contributed by atoms with van der Waals surface area (Å²) in [4.78, 5) is 35.0. The maximum absolute atomic E-state index is 12.1. The van der Waals surface area contributed by atoms with Gasteiger partial charge in [-0.1, -0.05) is 5.57 Å². The Morgan fingerprint density at radius 1 is 1.33 bits per heavy atom. The summed E-state index contributed by atoms with van der Waals surface area (Å²) in [5, 5.41) is 10.6. The average Bonchev–Trinajstić information content (AvgIpc) is 2.56. The zero-order chi connectivity index (χ0) is 17.5. The lowest BCUT2D eigenvalue weighted by Gasteiger charge is -2.27. The second-order valence-corrected chi connectivity index (χ2v) is 4.99. The Balaban J connectivity index is 1.86. The van der Waals surface area contributed by atoms with Gasteiger partial charge in [0.1, 0.15) is 5.75 Å². The van der Waals surface area contributed by atoms with E-state index in [1.807, 2.05) is 0 Å². The topological polar surface area (TPSA) is 99.0 Å². The highest BCUT2D eigenvalue weighted by atomic mass is 16.6. The molecule has 8 nitrogen and oxygen atoms in total. The molecule has 2 rings (SSSR count). The van der Waals surface area contributed by atoms with Crippen molar-refractivity contribution in [3.63, 3.8) is 0 Å². The number of carbonyl (C=O) groups excluding carboxylic acids is 2. The molecular formula is C16H17N2O6. The summed E-state index contributed by atoms with van der Waals surface area (Å²) in [5.41, 5.74) is 0.739. The van der Waals surface area contributed by atoms with Crippen LogP contribution in [-0.4, -0.2) is 41.6 Å². The van der Waals surface area contributed by atoms with Crippen molar-refractivity contribution in [2.75, 3.05) is 19.7 Å². The van der Waals surface area contributed by atoms with Gasteiger partial charge in [0.05, 0.1) is 11.5 Å². The molecule has 0 saturated carbocycles. The number of likely N-dealkylation sites (tertiary alicyclic amines) is 1. The SMILES string of the molecule is CCOC(=O)C=C1[CH]CN(C(=O)Oc2ccc([N+](=O)[O-])cc2)CC1. The van der Waals surface area contributed by atoms with E-state index in [-0.39, 0.29) is 11.4 Å². The molecule has 1 amide bonds. The summed E-state index contributed by atoms with van der Waals surface area (Å²) in [6, 6.07) is 5.28. The number of nitrogens with zero attached hydrogens (tertiary/aromatic N) is 2. The first-order valence-corrected chi connectivity index (χ1v) is 7.41. The van der Waals surface area contributed by atoms with Crippen molar-refractivity contribution < 1.29 is 24.0 Å². The molecule has 0 aliphatic carbocycles. The van der Waals surface area contributed by atoms with E-state index >= 15 is 0 Å². The van der Waals surface area contributed by atoms with Crippen LogP contribution in [0.5, 0.6) is 5.75 Å². The van der Waals surface area contributed by atoms with E-state index in [4.69, 9.17) is 9.47 Å². The molecule has 1 radical (unpaired) electrons. The lowest BCUT2D eigenvalue weighted by atomic mass is 10.0. The van der Waals surface area contributed by atoms with Crippen molar-refractivity contribution in [3.8, 4) is 5.75 Å². The van der Waals surface area contributed by atoms with E-state index in [0.29, 0.717) is 26.1 Å². The van der Waals surface area contributed by atoms with Crippen LogP contribution in [0.15, 0.2) is 35.9 Å². The second-order valence-electron chi connectivity index (χ2n) is 4.99. The van der Waals surface area contributed by atoms with Crippen molar-refractivity contribution in [3.05, 3.63) is 52.4 Å². The molecule has 1 saturated heterocycles. The van der Waals surface area contributed by atoms with Crippen LogP contribution in [0.4, 0.5) is 10.5 Å². The highest BCUT2D eigenvalue weighted by Gasteiger charge is 2.21. The molecule has 1 aromatic carbocycles. The Kier molecular flexibility index (Phi) is 5.89. The fourth-order valence-corrected chi connectivity index (χ4v) is 2.12. The van der Waals surface area contributed by atoms with Crippen molar-refractivity contribution in [1.29, 1.82) is 0 Å². The zero-order valence-electron chi connectivity index (χ0n) is 13.1. The van der Waals surface area contributed by atoms with Gasteiger partial charge in [0.2, 0.25) is 0 Å². The molecular weight excluding hydrogens is 316 g/mol. The first-order chi connectivity index (χ1) is 11.5. The molecule has 0 unspecified atom stereocenters. The molecule has 0 N–H and O–H groups in total. The number of carbonyl (C=O) groups is 2. The third-order valence-corrected chi connectivity index (χ3v) is 3.35. The highest BCUT2D eigenvalue weighted by molar-refractivity contribution is 5.83. The maximum atomic E-state index is 12.1. The van der Waals surface area contributed by atoms with Crippen molar-refractivity contribution in [2.24, 2.45) is 0 Å². The van der Waals surface area contributed by atoms with Crippen LogP contribution in [0.2, 0.25) is 0 Å². The summed E-state index contributed by atoms with van der Waals surface area (Å²) in [7, 11) is 0. The average molecular weight is 333 g/mol. The van der Waals surface area contributed by atoms with Crippen molar-refractivity contribution in [1.82, 2.24) is 4.90 Å². The minimum absolute atomic E-state index is 0.0742. The Hall–Kier alpha value is -2.90. The number of amides is 1. The van der Waals surface area contributed by atoms with Gasteiger partial charge >= 0.3 is 12.1 Å². The van der Waals surface area contributed by atoms with Crippen LogP contribution in [0.3, 0.4) is 0 Å². The zero-order valence-corrected chi connectivity index (χ0v) is 13.1. The molecule has 127 valence electrons. The van der Waals surface area contributed by atoms with Gasteiger partial charge in [0.15, 0.2) is 0 Å². The minimum atomic E-state index is -0.546. The number of nitro groups is 1. The normalized spacial score (nSPS) is 15.9. The van der Waals surface area contributed by atoms with E-state index in [9.17, 15) is 19.7 Å². The molecule has 1 heterocycles. The third kappa shape index (κ3) is 4.80. The van der Waals surface area contributed by atoms with Gasteiger partial charge in [-0.2, -0.15) is 0 Å². The molecule has 8 heteroatoms. The van der Waals surface area contributed by atoms with E-state index in [1.54, 1.807) is 13.3 Å². The van der Waals surface area contributed by atoms with E-state index in [0.717, 1.165) is 5.57 Å². The maximum Gasteiger partial charge on any atom is 0.415 e. The first-order valence-electron chi connectivity index (χ1n) is 7.41. The monoisotopic (exact) mass is 333 g/mol. The van der Waals surface area contributed by atoms with Crippen LogP contribution in [0.25, 0.3) is 0 Å². The van der Waals surface area contributed by atoms with E-state index in [2.05, 4.69) is 0 Å². The molecule has 1 aromatic rings. The van der Waals surface area contributed by atoms with Gasteiger partial charge < -0.3 is 14.4 Å². The quantitative estimate of drug-likeness (QED) is 0.363. The van der Waals surface area contributed by atoms with Crippen LogP contribution < -0.4 is 4.74 Å². The first kappa shape index (κ1) is 17.5. The number of nitro benzene ring substituents is 1. The molecule has 0 atom stereocenters. The number of piperidine rings is 1. The molecule has 1 fully saturated rings. The fraction of sp³-hybridized carbons (Fsp3) is 0.312. The second kappa shape index (κ2) is 8.09. The summed E-state index contributed by atoms with van der Waals surface area (Å²) in [6.07, 6.45) is 3.16. The largest absolute Gasteiger partial charge is 0.463 e. The molecule has 1 aliphatic rings. The van der Waals surface area contributed by atoms with Gasteiger partial charge in [-0.3, -0.25) is 10.1 Å². The van der Waals surface area contributed by atoms with Gasteiger partial charge in [0, 0.05) is 37.7 Å². The Morgan fingerprint density at radius 2 is 2.04 bits per heavy atom. The number of ether oxygens (including phenoxy) is 2. The predicted octanol–water partition coefficient (Wildman–Crippen LogP) is 2.49. The molecule has 0 spiro atoms. The van der Waals surface area contributed by atoms with Gasteiger partial charge in [-0.15, -0.1) is 0 Å². The number of esters is 1. The number of benzene rings is 1. The number of non-ortho nitro benzene ring substituents is 1. The van der Waals surface area contributed by atoms with E-state index in [1.165, 1.54) is 35.2 Å². The van der Waals surface area contributed by atoms with Crippen LogP contribution in [0, 0.1) is 16.5 Å². The molecule has 1 aliphatic heterocycles. The van der Waals surface area contributed by atoms with Crippen LogP contribution in [0.1, 0.15) is 13.3 Å². The Labute approximate surface area is 138 Å². The summed E-state index contributed by atoms with van der Waals surface area (Å²) in [5.74, 6) is -0.163. The Morgan fingerprint density at radius 3 is 2.58 bits per heavy atom. The third-order valence-electron chi connectivity index (χ3n) is 3.35. The Bertz CT molecular complexity index is 643. The van der Waals surface area contributed by atoms with Gasteiger partial charge in [-0.25, -0.2) is 9.59 Å². The lowest BCUT2D eigenvalue weighted by Crippen LogP contribution is -2.38. The molecule has 24 heavy (non-hydrogen) atoms. The number of hydrogen-bond donors (Lipinski definition) is 0. The van der Waals surface area contributed by atoms with E-state index < -0.39 is 17.0 Å².